The van der Waals surface area contributed by atoms with Crippen molar-refractivity contribution >= 4 is 5.97 Å². The molecule has 1 heterocycles. The molecule has 0 aromatic heterocycles. The summed E-state index contributed by atoms with van der Waals surface area (Å²) in [7, 11) is 4.06. The lowest BCUT2D eigenvalue weighted by Gasteiger charge is -2.37. The van der Waals surface area contributed by atoms with Crippen LogP contribution in [0.3, 0.4) is 0 Å². The first-order chi connectivity index (χ1) is 7.35. The second-order valence-electron chi connectivity index (χ2n) is 5.36. The lowest BCUT2D eigenvalue weighted by atomic mass is 9.98. The third kappa shape index (κ3) is 2.95. The highest BCUT2D eigenvalue weighted by atomic mass is 16.4. The lowest BCUT2D eigenvalue weighted by molar-refractivity contribution is -0.150. The molecule has 0 aromatic carbocycles. The van der Waals surface area contributed by atoms with Crippen molar-refractivity contribution in [3.63, 3.8) is 0 Å². The number of likely N-dealkylation sites (tertiary alicyclic amines) is 1. The second-order valence-corrected chi connectivity index (χ2v) is 5.36. The molecule has 1 unspecified atom stereocenters. The third-order valence-electron chi connectivity index (χ3n) is 3.87. The molecule has 0 radical (unpaired) electrons. The van der Waals surface area contributed by atoms with Gasteiger partial charge in [0.05, 0.1) is 0 Å². The van der Waals surface area contributed by atoms with Crippen LogP contribution in [0.5, 0.6) is 0 Å². The molecule has 0 aromatic rings. The Morgan fingerprint density at radius 1 is 1.38 bits per heavy atom. The Labute approximate surface area is 98.2 Å². The van der Waals surface area contributed by atoms with Crippen LogP contribution in [-0.4, -0.2) is 59.6 Å². The van der Waals surface area contributed by atoms with Crippen LogP contribution in [0.15, 0.2) is 0 Å². The zero-order valence-corrected chi connectivity index (χ0v) is 10.9. The van der Waals surface area contributed by atoms with Crippen LogP contribution in [-0.2, 0) is 4.79 Å². The lowest BCUT2D eigenvalue weighted by Crippen LogP contribution is -2.52. The van der Waals surface area contributed by atoms with E-state index in [9.17, 15) is 9.90 Å². The average molecular weight is 228 g/mol. The Hall–Kier alpha value is -0.610. The van der Waals surface area contributed by atoms with E-state index in [1.165, 1.54) is 0 Å². The Kier molecular flexibility index (Phi) is 4.33. The predicted molar refractivity (Wildman–Crippen MR) is 64.6 cm³/mol. The maximum Gasteiger partial charge on any atom is 0.323 e. The van der Waals surface area contributed by atoms with E-state index in [0.717, 1.165) is 32.4 Å². The fourth-order valence-electron chi connectivity index (χ4n) is 2.22. The molecule has 4 nitrogen and oxygen atoms in total. The Bertz CT molecular complexity index is 253. The summed E-state index contributed by atoms with van der Waals surface area (Å²) < 4.78 is 0. The maximum absolute atomic E-state index is 11.2. The zero-order chi connectivity index (χ0) is 12.3. The van der Waals surface area contributed by atoms with Crippen molar-refractivity contribution in [1.29, 1.82) is 0 Å². The molecule has 1 saturated heterocycles. The van der Waals surface area contributed by atoms with E-state index in [1.807, 2.05) is 11.9 Å². The summed E-state index contributed by atoms with van der Waals surface area (Å²) in [5, 5.41) is 9.21. The van der Waals surface area contributed by atoms with Gasteiger partial charge in [-0.3, -0.25) is 9.69 Å². The molecule has 94 valence electrons. The van der Waals surface area contributed by atoms with Gasteiger partial charge in [0.2, 0.25) is 0 Å². The van der Waals surface area contributed by atoms with E-state index in [0.29, 0.717) is 6.04 Å². The summed E-state index contributed by atoms with van der Waals surface area (Å²) in [5.41, 5.74) is -0.770. The van der Waals surface area contributed by atoms with Crippen LogP contribution >= 0.6 is 0 Å². The van der Waals surface area contributed by atoms with Crippen molar-refractivity contribution in [3.05, 3.63) is 0 Å². The second kappa shape index (κ2) is 5.15. The zero-order valence-electron chi connectivity index (χ0n) is 10.9. The number of hydrogen-bond donors (Lipinski definition) is 1. The van der Waals surface area contributed by atoms with Crippen LogP contribution in [0.4, 0.5) is 0 Å². The summed E-state index contributed by atoms with van der Waals surface area (Å²) in [4.78, 5) is 15.5. The standard InChI is InChI=1S/C12H24N2O2/c1-12(2,11(15)16)14(4)10-6-5-8-13(3)9-7-10/h10H,5-9H2,1-4H3,(H,15,16). The minimum atomic E-state index is -0.770. The molecule has 0 bridgehead atoms. The fourth-order valence-corrected chi connectivity index (χ4v) is 2.22. The molecule has 4 heteroatoms. The van der Waals surface area contributed by atoms with Crippen molar-refractivity contribution in [2.24, 2.45) is 0 Å². The van der Waals surface area contributed by atoms with Crippen LogP contribution < -0.4 is 0 Å². The van der Waals surface area contributed by atoms with Gasteiger partial charge in [0.1, 0.15) is 5.54 Å². The predicted octanol–water partition coefficient (Wildman–Crippen LogP) is 1.27. The first-order valence-electron chi connectivity index (χ1n) is 6.00. The highest BCUT2D eigenvalue weighted by Gasteiger charge is 2.36. The van der Waals surface area contributed by atoms with Crippen LogP contribution in [0, 0.1) is 0 Å². The summed E-state index contributed by atoms with van der Waals surface area (Å²) in [5.74, 6) is -0.743. The van der Waals surface area contributed by atoms with E-state index in [1.54, 1.807) is 13.8 Å². The van der Waals surface area contributed by atoms with Crippen molar-refractivity contribution in [2.75, 3.05) is 27.2 Å². The van der Waals surface area contributed by atoms with Crippen molar-refractivity contribution in [3.8, 4) is 0 Å². The molecule has 1 fully saturated rings. The fraction of sp³-hybridized carbons (Fsp3) is 0.917. The van der Waals surface area contributed by atoms with Gasteiger partial charge < -0.3 is 10.0 Å². The maximum atomic E-state index is 11.2. The molecule has 1 aliphatic rings. The van der Waals surface area contributed by atoms with E-state index >= 15 is 0 Å². The van der Waals surface area contributed by atoms with E-state index in [2.05, 4.69) is 11.9 Å². The number of hydrogen-bond acceptors (Lipinski definition) is 3. The highest BCUT2D eigenvalue weighted by molar-refractivity contribution is 5.77. The van der Waals surface area contributed by atoms with E-state index in [-0.39, 0.29) is 0 Å². The van der Waals surface area contributed by atoms with Gasteiger partial charge in [0, 0.05) is 6.04 Å². The van der Waals surface area contributed by atoms with Gasteiger partial charge >= 0.3 is 5.97 Å². The highest BCUT2D eigenvalue weighted by Crippen LogP contribution is 2.22. The van der Waals surface area contributed by atoms with Crippen LogP contribution in [0.2, 0.25) is 0 Å². The number of aliphatic carboxylic acids is 1. The first kappa shape index (κ1) is 13.5. The number of carboxylic acids is 1. The molecule has 0 saturated carbocycles. The van der Waals surface area contributed by atoms with Crippen molar-refractivity contribution in [1.82, 2.24) is 9.80 Å². The van der Waals surface area contributed by atoms with E-state index in [4.69, 9.17) is 0 Å². The Morgan fingerprint density at radius 3 is 2.56 bits per heavy atom. The topological polar surface area (TPSA) is 43.8 Å². The number of carbonyl (C=O) groups is 1. The molecule has 0 spiro atoms. The summed E-state index contributed by atoms with van der Waals surface area (Å²) in [6.07, 6.45) is 3.31. The molecule has 0 amide bonds. The monoisotopic (exact) mass is 228 g/mol. The van der Waals surface area contributed by atoms with E-state index < -0.39 is 11.5 Å². The molecular weight excluding hydrogens is 204 g/mol. The molecule has 1 aliphatic heterocycles. The summed E-state index contributed by atoms with van der Waals surface area (Å²) in [6.45, 7) is 5.75. The smallest absolute Gasteiger partial charge is 0.323 e. The molecule has 0 aliphatic carbocycles. The van der Waals surface area contributed by atoms with Gasteiger partial charge in [-0.25, -0.2) is 0 Å². The number of rotatable bonds is 3. The minimum absolute atomic E-state index is 0.385. The van der Waals surface area contributed by atoms with Crippen molar-refractivity contribution in [2.45, 2.75) is 44.7 Å². The molecule has 1 N–H and O–H groups in total. The Morgan fingerprint density at radius 2 is 2.00 bits per heavy atom. The van der Waals surface area contributed by atoms with Crippen LogP contribution in [0.1, 0.15) is 33.1 Å². The van der Waals surface area contributed by atoms with Gasteiger partial charge in [-0.15, -0.1) is 0 Å². The third-order valence-corrected chi connectivity index (χ3v) is 3.87. The number of likely N-dealkylation sites (N-methyl/N-ethyl adjacent to an activating group) is 1. The minimum Gasteiger partial charge on any atom is -0.480 e. The quantitative estimate of drug-likeness (QED) is 0.790. The molecular formula is C12H24N2O2. The van der Waals surface area contributed by atoms with Crippen molar-refractivity contribution < 1.29 is 9.90 Å². The molecule has 1 atom stereocenters. The number of carboxylic acid groups (broad SMARTS) is 1. The van der Waals surface area contributed by atoms with Gasteiger partial charge in [-0.05, 0) is 60.3 Å². The van der Waals surface area contributed by atoms with Gasteiger partial charge in [-0.2, -0.15) is 0 Å². The van der Waals surface area contributed by atoms with Gasteiger partial charge in [0.15, 0.2) is 0 Å². The molecule has 16 heavy (non-hydrogen) atoms. The SMILES string of the molecule is CN1CCCC(N(C)C(C)(C)C(=O)O)CC1. The first-order valence-corrected chi connectivity index (χ1v) is 6.00. The Balaban J connectivity index is 2.66. The summed E-state index contributed by atoms with van der Waals surface area (Å²) in [6, 6.07) is 0.385. The van der Waals surface area contributed by atoms with Gasteiger partial charge in [0.25, 0.3) is 0 Å². The largest absolute Gasteiger partial charge is 0.480 e. The summed E-state index contributed by atoms with van der Waals surface area (Å²) >= 11 is 0. The van der Waals surface area contributed by atoms with Gasteiger partial charge in [-0.1, -0.05) is 0 Å². The normalized spacial score (nSPS) is 24.4. The average Bonchev–Trinajstić information content (AvgIpc) is 2.41. The van der Waals surface area contributed by atoms with Crippen LogP contribution in [0.25, 0.3) is 0 Å². The number of nitrogens with zero attached hydrogens (tertiary/aromatic N) is 2. The molecule has 1 rings (SSSR count).